The van der Waals surface area contributed by atoms with E-state index in [-0.39, 0.29) is 12.6 Å². The molecule has 1 aromatic carbocycles. The molecule has 0 radical (unpaired) electrons. The number of nitrogen functional groups attached to an aromatic ring is 1. The van der Waals surface area contributed by atoms with Crippen LogP contribution in [0.5, 0.6) is 0 Å². The van der Waals surface area contributed by atoms with Crippen molar-refractivity contribution in [3.63, 3.8) is 0 Å². The van der Waals surface area contributed by atoms with Crippen LogP contribution < -0.4 is 5.73 Å². The van der Waals surface area contributed by atoms with E-state index < -0.39 is 0 Å². The summed E-state index contributed by atoms with van der Waals surface area (Å²) in [4.78, 5) is 11.5. The van der Waals surface area contributed by atoms with Gasteiger partial charge in [-0.1, -0.05) is 0 Å². The van der Waals surface area contributed by atoms with Crippen LogP contribution in [0, 0.1) is 0 Å². The highest BCUT2D eigenvalue weighted by molar-refractivity contribution is 9.10. The van der Waals surface area contributed by atoms with Crippen molar-refractivity contribution in [3.8, 4) is 0 Å². The fraction of sp³-hybridized carbons (Fsp3) is 0.364. The minimum Gasteiger partial charge on any atom is -0.460 e. The standard InChI is InChI=1S/C11H14BrNO3/c1-2-15-5-6-16-11(14)8-3-4-9(12)10(13)7-8/h3-4,7H,2,5-6,13H2,1H3. The van der Waals surface area contributed by atoms with Gasteiger partial charge in [-0.05, 0) is 41.1 Å². The Bertz CT molecular complexity index is 368. The van der Waals surface area contributed by atoms with Crippen LogP contribution in [0.4, 0.5) is 5.69 Å². The molecule has 0 saturated heterocycles. The van der Waals surface area contributed by atoms with Gasteiger partial charge in [0.25, 0.3) is 0 Å². The Hall–Kier alpha value is -1.07. The van der Waals surface area contributed by atoms with Crippen molar-refractivity contribution in [2.45, 2.75) is 6.92 Å². The minimum atomic E-state index is -0.390. The van der Waals surface area contributed by atoms with Gasteiger partial charge in [-0.3, -0.25) is 0 Å². The largest absolute Gasteiger partial charge is 0.460 e. The van der Waals surface area contributed by atoms with Crippen LogP contribution >= 0.6 is 15.9 Å². The topological polar surface area (TPSA) is 61.5 Å². The zero-order chi connectivity index (χ0) is 12.0. The summed E-state index contributed by atoms with van der Waals surface area (Å²) in [5, 5.41) is 0. The molecule has 0 unspecified atom stereocenters. The lowest BCUT2D eigenvalue weighted by molar-refractivity contribution is 0.0335. The second-order valence-electron chi connectivity index (χ2n) is 3.07. The highest BCUT2D eigenvalue weighted by Gasteiger charge is 2.08. The predicted molar refractivity (Wildman–Crippen MR) is 65.3 cm³/mol. The molecule has 0 spiro atoms. The lowest BCUT2D eigenvalue weighted by atomic mass is 10.2. The zero-order valence-electron chi connectivity index (χ0n) is 9.03. The molecule has 0 aliphatic carbocycles. The summed E-state index contributed by atoms with van der Waals surface area (Å²) in [7, 11) is 0. The number of hydrogen-bond donors (Lipinski definition) is 1. The SMILES string of the molecule is CCOCCOC(=O)c1ccc(Br)c(N)c1. The van der Waals surface area contributed by atoms with Gasteiger partial charge in [-0.15, -0.1) is 0 Å². The summed E-state index contributed by atoms with van der Waals surface area (Å²) >= 11 is 3.25. The number of anilines is 1. The molecule has 0 aliphatic heterocycles. The number of carbonyl (C=O) groups is 1. The van der Waals surface area contributed by atoms with E-state index in [9.17, 15) is 4.79 Å². The lowest BCUT2D eigenvalue weighted by Crippen LogP contribution is -2.11. The van der Waals surface area contributed by atoms with Crippen LogP contribution in [0.25, 0.3) is 0 Å². The van der Waals surface area contributed by atoms with Gasteiger partial charge in [0.05, 0.1) is 12.2 Å². The zero-order valence-corrected chi connectivity index (χ0v) is 10.6. The first-order valence-corrected chi connectivity index (χ1v) is 5.74. The molecule has 0 amide bonds. The number of hydrogen-bond acceptors (Lipinski definition) is 4. The molecule has 1 rings (SSSR count). The van der Waals surface area contributed by atoms with Crippen molar-refractivity contribution in [2.75, 3.05) is 25.6 Å². The van der Waals surface area contributed by atoms with E-state index in [2.05, 4.69) is 15.9 Å². The van der Waals surface area contributed by atoms with Crippen LogP contribution in [-0.4, -0.2) is 25.8 Å². The summed E-state index contributed by atoms with van der Waals surface area (Å²) < 4.78 is 10.8. The average Bonchev–Trinajstić information content (AvgIpc) is 2.28. The first kappa shape index (κ1) is 13.0. The van der Waals surface area contributed by atoms with E-state index >= 15 is 0 Å². The van der Waals surface area contributed by atoms with Crippen molar-refractivity contribution in [2.24, 2.45) is 0 Å². The first-order valence-electron chi connectivity index (χ1n) is 4.95. The predicted octanol–water partition coefficient (Wildman–Crippen LogP) is 2.22. The summed E-state index contributed by atoms with van der Waals surface area (Å²) in [6.45, 7) is 3.16. The summed E-state index contributed by atoms with van der Waals surface area (Å²) in [6.07, 6.45) is 0. The van der Waals surface area contributed by atoms with Crippen LogP contribution in [-0.2, 0) is 9.47 Å². The Morgan fingerprint density at radius 2 is 2.19 bits per heavy atom. The van der Waals surface area contributed by atoms with Gasteiger partial charge in [0.15, 0.2) is 0 Å². The maximum Gasteiger partial charge on any atom is 0.338 e. The third kappa shape index (κ3) is 3.83. The Morgan fingerprint density at radius 3 is 2.81 bits per heavy atom. The molecule has 0 bridgehead atoms. The maximum absolute atomic E-state index is 11.5. The molecule has 1 aromatic rings. The summed E-state index contributed by atoms with van der Waals surface area (Å²) in [5.74, 6) is -0.390. The molecule has 4 nitrogen and oxygen atoms in total. The smallest absolute Gasteiger partial charge is 0.338 e. The molecule has 0 atom stereocenters. The molecule has 2 N–H and O–H groups in total. The van der Waals surface area contributed by atoms with Crippen LogP contribution in [0.15, 0.2) is 22.7 Å². The van der Waals surface area contributed by atoms with Gasteiger partial charge in [0.1, 0.15) is 6.61 Å². The number of rotatable bonds is 5. The van der Waals surface area contributed by atoms with Crippen molar-refractivity contribution in [1.29, 1.82) is 0 Å². The summed E-state index contributed by atoms with van der Waals surface area (Å²) in [5.41, 5.74) is 6.61. The van der Waals surface area contributed by atoms with E-state index in [4.69, 9.17) is 15.2 Å². The van der Waals surface area contributed by atoms with E-state index in [0.717, 1.165) is 4.47 Å². The normalized spacial score (nSPS) is 10.1. The van der Waals surface area contributed by atoms with Crippen molar-refractivity contribution in [3.05, 3.63) is 28.2 Å². The van der Waals surface area contributed by atoms with Gasteiger partial charge in [-0.2, -0.15) is 0 Å². The molecule has 0 fully saturated rings. The van der Waals surface area contributed by atoms with Gasteiger partial charge in [0, 0.05) is 16.8 Å². The molecule has 0 heterocycles. The number of halogens is 1. The number of ether oxygens (including phenoxy) is 2. The van der Waals surface area contributed by atoms with E-state index in [1.807, 2.05) is 6.92 Å². The molecule has 0 aromatic heterocycles. The highest BCUT2D eigenvalue weighted by atomic mass is 79.9. The molecule has 0 saturated carbocycles. The molecule has 88 valence electrons. The Morgan fingerprint density at radius 1 is 1.44 bits per heavy atom. The Labute approximate surface area is 103 Å². The fourth-order valence-electron chi connectivity index (χ4n) is 1.09. The first-order chi connectivity index (χ1) is 7.65. The quantitative estimate of drug-likeness (QED) is 0.512. The van der Waals surface area contributed by atoms with Gasteiger partial charge in [-0.25, -0.2) is 4.79 Å². The van der Waals surface area contributed by atoms with Crippen molar-refractivity contribution >= 4 is 27.6 Å². The third-order valence-corrected chi connectivity index (χ3v) is 2.62. The molecular formula is C11H14BrNO3. The van der Waals surface area contributed by atoms with Crippen molar-refractivity contribution < 1.29 is 14.3 Å². The second kappa shape index (κ2) is 6.50. The Balaban J connectivity index is 2.50. The number of esters is 1. The van der Waals surface area contributed by atoms with Crippen LogP contribution in [0.2, 0.25) is 0 Å². The molecule has 16 heavy (non-hydrogen) atoms. The second-order valence-corrected chi connectivity index (χ2v) is 3.92. The Kier molecular flexibility index (Phi) is 5.28. The lowest BCUT2D eigenvalue weighted by Gasteiger charge is -2.06. The fourth-order valence-corrected chi connectivity index (χ4v) is 1.34. The van der Waals surface area contributed by atoms with Gasteiger partial charge in [0.2, 0.25) is 0 Å². The minimum absolute atomic E-state index is 0.253. The third-order valence-electron chi connectivity index (χ3n) is 1.90. The number of benzene rings is 1. The molecule has 5 heteroatoms. The number of nitrogens with two attached hydrogens (primary N) is 1. The maximum atomic E-state index is 11.5. The van der Waals surface area contributed by atoms with Gasteiger partial charge >= 0.3 is 5.97 Å². The van der Waals surface area contributed by atoms with E-state index in [1.165, 1.54) is 0 Å². The van der Waals surface area contributed by atoms with Gasteiger partial charge < -0.3 is 15.2 Å². The number of carbonyl (C=O) groups excluding carboxylic acids is 1. The van der Waals surface area contributed by atoms with Crippen molar-refractivity contribution in [1.82, 2.24) is 0 Å². The van der Waals surface area contributed by atoms with Crippen LogP contribution in [0.1, 0.15) is 17.3 Å². The van der Waals surface area contributed by atoms with E-state index in [0.29, 0.717) is 24.5 Å². The summed E-state index contributed by atoms with van der Waals surface area (Å²) in [6, 6.07) is 4.95. The molecule has 0 aliphatic rings. The highest BCUT2D eigenvalue weighted by Crippen LogP contribution is 2.20. The van der Waals surface area contributed by atoms with E-state index in [1.54, 1.807) is 18.2 Å². The van der Waals surface area contributed by atoms with Crippen LogP contribution in [0.3, 0.4) is 0 Å². The average molecular weight is 288 g/mol. The monoisotopic (exact) mass is 287 g/mol. The molecular weight excluding hydrogens is 274 g/mol.